The number of amides is 1. The predicted octanol–water partition coefficient (Wildman–Crippen LogP) is 4.05. The van der Waals surface area contributed by atoms with Gasteiger partial charge in [0, 0.05) is 17.3 Å². The van der Waals surface area contributed by atoms with Crippen molar-refractivity contribution >= 4 is 33.5 Å². The van der Waals surface area contributed by atoms with E-state index in [0.717, 1.165) is 12.1 Å². The molecule has 0 saturated heterocycles. The molecule has 0 unspecified atom stereocenters. The maximum atomic E-state index is 12.6. The van der Waals surface area contributed by atoms with Gasteiger partial charge in [0.1, 0.15) is 0 Å². The van der Waals surface area contributed by atoms with Crippen LogP contribution in [-0.4, -0.2) is 17.0 Å². The molecule has 0 aliphatic rings. The first kappa shape index (κ1) is 17.5. The van der Waals surface area contributed by atoms with Gasteiger partial charge in [-0.2, -0.15) is 13.2 Å². The maximum absolute atomic E-state index is 12.6. The van der Waals surface area contributed by atoms with Crippen LogP contribution in [0, 0.1) is 0 Å². The molecular weight excluding hydrogens is 355 g/mol. The average Bonchev–Trinajstić information content (AvgIpc) is 2.36. The van der Waals surface area contributed by atoms with E-state index in [1.807, 2.05) is 0 Å². The topological polar surface area (TPSA) is 66.4 Å². The Balaban J connectivity index is 2.61. The number of carboxylic acid groups (broad SMARTS) is 1. The van der Waals surface area contributed by atoms with E-state index in [9.17, 15) is 22.8 Å². The third-order valence-electron chi connectivity index (χ3n) is 2.61. The fourth-order valence-corrected chi connectivity index (χ4v) is 1.92. The van der Waals surface area contributed by atoms with Crippen LogP contribution in [0.25, 0.3) is 0 Å². The van der Waals surface area contributed by atoms with E-state index >= 15 is 0 Å². The van der Waals surface area contributed by atoms with Crippen molar-refractivity contribution in [3.8, 4) is 0 Å². The van der Waals surface area contributed by atoms with Gasteiger partial charge in [0.25, 0.3) is 0 Å². The molecule has 0 saturated carbocycles. The van der Waals surface area contributed by atoms with Gasteiger partial charge in [-0.15, -0.1) is 0 Å². The smallest absolute Gasteiger partial charge is 0.416 e. The minimum atomic E-state index is -4.48. The normalized spacial score (nSPS) is 11.2. The summed E-state index contributed by atoms with van der Waals surface area (Å²) in [5.41, 5.74) is -0.820. The van der Waals surface area contributed by atoms with Crippen molar-refractivity contribution in [1.29, 1.82) is 0 Å². The van der Waals surface area contributed by atoms with Crippen LogP contribution in [0.2, 0.25) is 0 Å². The molecule has 0 spiro atoms. The number of rotatable bonds is 6. The summed E-state index contributed by atoms with van der Waals surface area (Å²) in [4.78, 5) is 21.9. The number of carbonyl (C=O) groups is 2. The number of benzene rings is 1. The summed E-state index contributed by atoms with van der Waals surface area (Å²) in [6, 6.07) is 2.97. The van der Waals surface area contributed by atoms with Gasteiger partial charge in [-0.3, -0.25) is 9.59 Å². The maximum Gasteiger partial charge on any atom is 0.416 e. The van der Waals surface area contributed by atoms with E-state index < -0.39 is 23.6 Å². The Bertz CT molecular complexity index is 532. The lowest BCUT2D eigenvalue weighted by molar-refractivity contribution is -0.138. The highest BCUT2D eigenvalue weighted by molar-refractivity contribution is 9.10. The summed E-state index contributed by atoms with van der Waals surface area (Å²) in [6.45, 7) is 0. The van der Waals surface area contributed by atoms with E-state index in [1.165, 1.54) is 6.07 Å². The second kappa shape index (κ2) is 7.44. The molecule has 0 aromatic heterocycles. The number of carboxylic acids is 1. The van der Waals surface area contributed by atoms with Gasteiger partial charge in [0.05, 0.1) is 11.3 Å². The van der Waals surface area contributed by atoms with Crippen molar-refractivity contribution in [2.24, 2.45) is 0 Å². The molecule has 1 aromatic rings. The van der Waals surface area contributed by atoms with Crippen LogP contribution < -0.4 is 5.32 Å². The van der Waals surface area contributed by atoms with Crippen molar-refractivity contribution in [3.05, 3.63) is 28.2 Å². The molecule has 0 bridgehead atoms. The zero-order valence-electron chi connectivity index (χ0n) is 10.8. The Kier molecular flexibility index (Phi) is 6.19. The van der Waals surface area contributed by atoms with E-state index in [-0.39, 0.29) is 18.5 Å². The molecule has 2 N–H and O–H groups in total. The Morgan fingerprint density at radius 3 is 2.38 bits per heavy atom. The fourth-order valence-electron chi connectivity index (χ4n) is 1.57. The predicted molar refractivity (Wildman–Crippen MR) is 73.9 cm³/mol. The summed E-state index contributed by atoms with van der Waals surface area (Å²) in [5.74, 6) is -1.41. The molecule has 0 fully saturated rings. The third kappa shape index (κ3) is 6.16. The van der Waals surface area contributed by atoms with Gasteiger partial charge in [0.2, 0.25) is 5.91 Å². The Hall–Kier alpha value is -1.57. The quantitative estimate of drug-likeness (QED) is 0.745. The Morgan fingerprint density at radius 1 is 1.19 bits per heavy atom. The van der Waals surface area contributed by atoms with Crippen LogP contribution in [0.15, 0.2) is 22.7 Å². The van der Waals surface area contributed by atoms with Crippen LogP contribution in [0.3, 0.4) is 0 Å². The van der Waals surface area contributed by atoms with Crippen molar-refractivity contribution in [2.45, 2.75) is 31.9 Å². The second-order valence-corrected chi connectivity index (χ2v) is 5.20. The lowest BCUT2D eigenvalue weighted by Crippen LogP contribution is -2.13. The van der Waals surface area contributed by atoms with E-state index in [2.05, 4.69) is 21.2 Å². The number of hydrogen-bond donors (Lipinski definition) is 2. The number of anilines is 1. The van der Waals surface area contributed by atoms with Gasteiger partial charge >= 0.3 is 12.1 Å². The van der Waals surface area contributed by atoms with Gasteiger partial charge in [0.15, 0.2) is 0 Å². The zero-order chi connectivity index (χ0) is 16.0. The molecule has 1 aromatic carbocycles. The van der Waals surface area contributed by atoms with Gasteiger partial charge in [-0.05, 0) is 47.0 Å². The summed E-state index contributed by atoms with van der Waals surface area (Å²) in [6.07, 6.45) is -3.78. The number of nitrogens with one attached hydrogen (secondary N) is 1. The number of carbonyl (C=O) groups excluding carboxylic acids is 1. The monoisotopic (exact) mass is 367 g/mol. The third-order valence-corrected chi connectivity index (χ3v) is 3.30. The van der Waals surface area contributed by atoms with Crippen LogP contribution >= 0.6 is 15.9 Å². The summed E-state index contributed by atoms with van der Waals surface area (Å²) < 4.78 is 38.1. The van der Waals surface area contributed by atoms with Gasteiger partial charge in [-0.1, -0.05) is 0 Å². The lowest BCUT2D eigenvalue weighted by atomic mass is 10.1. The van der Waals surface area contributed by atoms with E-state index in [4.69, 9.17) is 5.11 Å². The molecule has 21 heavy (non-hydrogen) atoms. The Labute approximate surface area is 127 Å². The number of hydrogen-bond acceptors (Lipinski definition) is 2. The molecule has 1 rings (SSSR count). The van der Waals surface area contributed by atoms with Crippen molar-refractivity contribution < 1.29 is 27.9 Å². The number of alkyl halides is 3. The molecule has 8 heteroatoms. The number of aliphatic carboxylic acids is 1. The zero-order valence-corrected chi connectivity index (χ0v) is 12.4. The van der Waals surface area contributed by atoms with E-state index in [1.54, 1.807) is 0 Å². The minimum absolute atomic E-state index is 0.0352. The van der Waals surface area contributed by atoms with Crippen LogP contribution in [-0.2, 0) is 15.8 Å². The molecule has 0 aliphatic heterocycles. The first-order valence-corrected chi connectivity index (χ1v) is 6.88. The summed E-state index contributed by atoms with van der Waals surface area (Å²) in [7, 11) is 0. The van der Waals surface area contributed by atoms with E-state index in [0.29, 0.717) is 17.3 Å². The van der Waals surface area contributed by atoms with Gasteiger partial charge < -0.3 is 10.4 Å². The first-order valence-electron chi connectivity index (χ1n) is 6.08. The molecule has 4 nitrogen and oxygen atoms in total. The van der Waals surface area contributed by atoms with Crippen LogP contribution in [0.4, 0.5) is 18.9 Å². The fraction of sp³-hybridized carbons (Fsp3) is 0.385. The summed E-state index contributed by atoms with van der Waals surface area (Å²) in [5, 5.41) is 10.8. The van der Waals surface area contributed by atoms with Crippen molar-refractivity contribution in [2.75, 3.05) is 5.32 Å². The number of unbranched alkanes of at least 4 members (excludes halogenated alkanes) is 1. The molecule has 116 valence electrons. The van der Waals surface area contributed by atoms with Crippen LogP contribution in [0.1, 0.15) is 31.2 Å². The number of halogens is 4. The molecule has 0 aliphatic carbocycles. The molecule has 0 atom stereocenters. The van der Waals surface area contributed by atoms with Crippen molar-refractivity contribution in [3.63, 3.8) is 0 Å². The highest BCUT2D eigenvalue weighted by Gasteiger charge is 2.31. The lowest BCUT2D eigenvalue weighted by Gasteiger charge is -2.11. The first-order chi connectivity index (χ1) is 9.70. The Morgan fingerprint density at radius 2 is 1.81 bits per heavy atom. The SMILES string of the molecule is O=C(O)CCCCC(=O)Nc1cc(C(F)(F)F)ccc1Br. The molecule has 0 radical (unpaired) electrons. The minimum Gasteiger partial charge on any atom is -0.481 e. The highest BCUT2D eigenvalue weighted by atomic mass is 79.9. The molecular formula is C13H13BrF3NO3. The van der Waals surface area contributed by atoms with Gasteiger partial charge in [-0.25, -0.2) is 0 Å². The largest absolute Gasteiger partial charge is 0.481 e. The molecule has 0 heterocycles. The van der Waals surface area contributed by atoms with Crippen LogP contribution in [0.5, 0.6) is 0 Å². The summed E-state index contributed by atoms with van der Waals surface area (Å²) >= 11 is 3.07. The van der Waals surface area contributed by atoms with Crippen molar-refractivity contribution in [1.82, 2.24) is 0 Å². The molecule has 1 amide bonds. The standard InChI is InChI=1S/C13H13BrF3NO3/c14-9-6-5-8(13(15,16)17)7-10(9)18-11(19)3-1-2-4-12(20)21/h5-7H,1-4H2,(H,18,19)(H,20,21). The average molecular weight is 368 g/mol. The highest BCUT2D eigenvalue weighted by Crippen LogP contribution is 2.34. The second-order valence-electron chi connectivity index (χ2n) is 4.34.